The van der Waals surface area contributed by atoms with Gasteiger partial charge in [0.2, 0.25) is 0 Å². The first kappa shape index (κ1) is 24.4. The van der Waals surface area contributed by atoms with Crippen LogP contribution in [0.2, 0.25) is 0 Å². The number of carboxylic acids is 4. The number of primary amides is 1. The maximum absolute atomic E-state index is 11.4. The van der Waals surface area contributed by atoms with Crippen molar-refractivity contribution in [2.75, 3.05) is 11.5 Å². The number of carbonyl (C=O) groups excluding carboxylic acids is 1. The van der Waals surface area contributed by atoms with E-state index in [-0.39, 0.29) is 17.9 Å². The summed E-state index contributed by atoms with van der Waals surface area (Å²) in [5.74, 6) is -5.42. The van der Waals surface area contributed by atoms with E-state index in [9.17, 15) is 29.1 Å². The average molecular weight is 410 g/mol. The molecule has 13 nitrogen and oxygen atoms in total. The quantitative estimate of drug-likeness (QED) is 0.139. The molecule has 27 heavy (non-hydrogen) atoms. The van der Waals surface area contributed by atoms with Crippen molar-refractivity contribution in [3.8, 4) is 0 Å². The van der Waals surface area contributed by atoms with Crippen LogP contribution in [0.25, 0.3) is 0 Å². The summed E-state index contributed by atoms with van der Waals surface area (Å²) >= 11 is 1.07. The summed E-state index contributed by atoms with van der Waals surface area (Å²) in [6, 6.07) is -6.92. The molecule has 14 heteroatoms. The summed E-state index contributed by atoms with van der Waals surface area (Å²) in [5, 5.41) is 40.3. The fourth-order valence-corrected chi connectivity index (χ4v) is 2.93. The highest BCUT2D eigenvalue weighted by molar-refractivity contribution is 7.99. The molecule has 4 atom stereocenters. The summed E-state index contributed by atoms with van der Waals surface area (Å²) in [6.07, 6.45) is -0.872. The minimum Gasteiger partial charge on any atom is -0.481 e. The highest BCUT2D eigenvalue weighted by Crippen LogP contribution is 2.10. The minimum absolute atomic E-state index is 0.0290. The largest absolute Gasteiger partial charge is 0.481 e. The Balaban J connectivity index is 5.04. The standard InChI is InChI=1S/C13H22N4O9S/c14-5(10(20)21)4-27-2-1-6(11(22)23)16-7(3-8(18)19)9(12(24)25)17-13(15)26/h5-7,9,16H,1-4,14H2,(H,18,19)(H,20,21)(H,22,23)(H,24,25)(H3,15,17,26)/t5?,6-,7?,9-/m0/s1. The number of urea groups is 1. The van der Waals surface area contributed by atoms with Crippen LogP contribution in [-0.4, -0.2) is 86.0 Å². The van der Waals surface area contributed by atoms with Gasteiger partial charge in [0.05, 0.1) is 6.42 Å². The van der Waals surface area contributed by atoms with Gasteiger partial charge in [0.25, 0.3) is 0 Å². The summed E-state index contributed by atoms with van der Waals surface area (Å²) in [6.45, 7) is 0. The Labute approximate surface area is 157 Å². The summed E-state index contributed by atoms with van der Waals surface area (Å²) < 4.78 is 0. The number of hydrogen-bond donors (Lipinski definition) is 8. The first-order chi connectivity index (χ1) is 12.5. The Kier molecular flexibility index (Phi) is 10.8. The van der Waals surface area contributed by atoms with Gasteiger partial charge in [0.1, 0.15) is 18.1 Å². The minimum atomic E-state index is -1.77. The normalized spacial score (nSPS) is 15.1. The molecule has 2 amide bonds. The highest BCUT2D eigenvalue weighted by atomic mass is 32.2. The van der Waals surface area contributed by atoms with Crippen LogP contribution in [0.5, 0.6) is 0 Å². The second kappa shape index (κ2) is 11.9. The van der Waals surface area contributed by atoms with E-state index in [2.05, 4.69) is 5.32 Å². The van der Waals surface area contributed by atoms with Crippen LogP contribution >= 0.6 is 11.8 Å². The van der Waals surface area contributed by atoms with Crippen molar-refractivity contribution >= 4 is 41.7 Å². The van der Waals surface area contributed by atoms with Gasteiger partial charge in [-0.3, -0.25) is 19.7 Å². The number of thioether (sulfide) groups is 1. The molecule has 0 fully saturated rings. The molecule has 10 N–H and O–H groups in total. The van der Waals surface area contributed by atoms with Gasteiger partial charge in [-0.15, -0.1) is 0 Å². The van der Waals surface area contributed by atoms with Crippen molar-refractivity contribution in [1.29, 1.82) is 0 Å². The van der Waals surface area contributed by atoms with E-state index < -0.39 is 60.5 Å². The fraction of sp³-hybridized carbons (Fsp3) is 0.615. The Morgan fingerprint density at radius 2 is 1.56 bits per heavy atom. The molecule has 0 spiro atoms. The van der Waals surface area contributed by atoms with Crippen LogP contribution in [0.4, 0.5) is 4.79 Å². The summed E-state index contributed by atoms with van der Waals surface area (Å²) in [5.41, 5.74) is 10.2. The molecule has 0 aliphatic heterocycles. The number of carboxylic acid groups (broad SMARTS) is 4. The number of rotatable bonds is 14. The number of nitrogens with one attached hydrogen (secondary N) is 2. The lowest BCUT2D eigenvalue weighted by Gasteiger charge is -2.27. The molecule has 0 heterocycles. The predicted octanol–water partition coefficient (Wildman–Crippen LogP) is -2.47. The van der Waals surface area contributed by atoms with Crippen LogP contribution in [0.3, 0.4) is 0 Å². The van der Waals surface area contributed by atoms with Gasteiger partial charge >= 0.3 is 29.9 Å². The van der Waals surface area contributed by atoms with Crippen LogP contribution in [-0.2, 0) is 19.2 Å². The van der Waals surface area contributed by atoms with Crippen molar-refractivity contribution in [3.63, 3.8) is 0 Å². The van der Waals surface area contributed by atoms with Gasteiger partial charge in [-0.2, -0.15) is 11.8 Å². The number of nitrogens with two attached hydrogens (primary N) is 2. The summed E-state index contributed by atoms with van der Waals surface area (Å²) in [4.78, 5) is 55.2. The zero-order valence-corrected chi connectivity index (χ0v) is 14.8. The molecular weight excluding hydrogens is 388 g/mol. The van der Waals surface area contributed by atoms with Crippen LogP contribution in [0.15, 0.2) is 0 Å². The van der Waals surface area contributed by atoms with Gasteiger partial charge in [0, 0.05) is 11.8 Å². The zero-order valence-electron chi connectivity index (χ0n) is 14.0. The monoisotopic (exact) mass is 410 g/mol. The van der Waals surface area contributed by atoms with E-state index in [1.165, 1.54) is 0 Å². The molecule has 0 aliphatic carbocycles. The van der Waals surface area contributed by atoms with E-state index in [4.69, 9.17) is 26.8 Å². The van der Waals surface area contributed by atoms with E-state index in [0.29, 0.717) is 0 Å². The van der Waals surface area contributed by atoms with E-state index in [1.807, 2.05) is 5.32 Å². The molecule has 0 aromatic heterocycles. The topological polar surface area (TPSA) is 242 Å². The Bertz CT molecular complexity index is 574. The molecule has 0 radical (unpaired) electrons. The molecule has 0 aromatic rings. The first-order valence-electron chi connectivity index (χ1n) is 7.51. The number of aliphatic carboxylic acids is 4. The van der Waals surface area contributed by atoms with Crippen LogP contribution in [0, 0.1) is 0 Å². The maximum Gasteiger partial charge on any atom is 0.327 e. The number of hydrogen-bond acceptors (Lipinski definition) is 8. The molecule has 0 aromatic carbocycles. The molecular formula is C13H22N4O9S. The average Bonchev–Trinajstić information content (AvgIpc) is 2.52. The first-order valence-corrected chi connectivity index (χ1v) is 8.66. The molecule has 154 valence electrons. The molecule has 0 saturated heterocycles. The third-order valence-corrected chi connectivity index (χ3v) is 4.36. The smallest absolute Gasteiger partial charge is 0.327 e. The lowest BCUT2D eigenvalue weighted by atomic mass is 10.0. The van der Waals surface area contributed by atoms with Gasteiger partial charge < -0.3 is 37.2 Å². The number of carbonyl (C=O) groups is 5. The highest BCUT2D eigenvalue weighted by Gasteiger charge is 2.34. The van der Waals surface area contributed by atoms with Crippen molar-refractivity contribution in [2.24, 2.45) is 11.5 Å². The van der Waals surface area contributed by atoms with E-state index in [1.54, 1.807) is 0 Å². The molecule has 2 unspecified atom stereocenters. The molecule has 0 saturated carbocycles. The van der Waals surface area contributed by atoms with Crippen molar-refractivity contribution in [1.82, 2.24) is 10.6 Å². The van der Waals surface area contributed by atoms with Crippen molar-refractivity contribution < 1.29 is 44.4 Å². The van der Waals surface area contributed by atoms with Gasteiger partial charge in [-0.05, 0) is 12.2 Å². The molecule has 0 bridgehead atoms. The van der Waals surface area contributed by atoms with Crippen LogP contribution in [0.1, 0.15) is 12.8 Å². The van der Waals surface area contributed by atoms with E-state index in [0.717, 1.165) is 11.8 Å². The SMILES string of the molecule is NC(=O)N[C@H](C(=O)O)C(CC(=O)O)N[C@@H](CCSCC(N)C(=O)O)C(=O)O. The Hall–Kier alpha value is -2.58. The lowest BCUT2D eigenvalue weighted by molar-refractivity contribution is -0.145. The van der Waals surface area contributed by atoms with Crippen molar-refractivity contribution in [3.05, 3.63) is 0 Å². The predicted molar refractivity (Wildman–Crippen MR) is 92.3 cm³/mol. The second-order valence-corrected chi connectivity index (χ2v) is 6.54. The fourth-order valence-electron chi connectivity index (χ4n) is 1.97. The van der Waals surface area contributed by atoms with Crippen molar-refractivity contribution in [2.45, 2.75) is 37.0 Å². The van der Waals surface area contributed by atoms with Crippen LogP contribution < -0.4 is 22.1 Å². The summed E-state index contributed by atoms with van der Waals surface area (Å²) in [7, 11) is 0. The third kappa shape index (κ3) is 10.2. The zero-order chi connectivity index (χ0) is 21.1. The lowest BCUT2D eigenvalue weighted by Crippen LogP contribution is -2.59. The van der Waals surface area contributed by atoms with Gasteiger partial charge in [-0.1, -0.05) is 0 Å². The van der Waals surface area contributed by atoms with Gasteiger partial charge in [-0.25, -0.2) is 9.59 Å². The molecule has 0 rings (SSSR count). The van der Waals surface area contributed by atoms with Gasteiger partial charge in [0.15, 0.2) is 0 Å². The second-order valence-electron chi connectivity index (χ2n) is 5.39. The molecule has 0 aliphatic rings. The Morgan fingerprint density at radius 3 is 1.96 bits per heavy atom. The number of amides is 2. The maximum atomic E-state index is 11.4. The van der Waals surface area contributed by atoms with E-state index >= 15 is 0 Å². The third-order valence-electron chi connectivity index (χ3n) is 3.24. The Morgan fingerprint density at radius 1 is 0.963 bits per heavy atom.